The fraction of sp³-hybridized carbons (Fsp3) is 0.519. The smallest absolute Gasteiger partial charge is 0.328 e. The minimum absolute atomic E-state index is 0.126. The number of ether oxygens (including phenoxy) is 3. The number of carbonyl (C=O) groups is 1. The van der Waals surface area contributed by atoms with Crippen molar-refractivity contribution < 1.29 is 27.4 Å². The van der Waals surface area contributed by atoms with Gasteiger partial charge in [0.15, 0.2) is 4.75 Å². The third kappa shape index (κ3) is 5.16. The molecule has 196 valence electrons. The Balaban J connectivity index is 1.47. The Morgan fingerprint density at radius 1 is 1.14 bits per heavy atom. The molecule has 0 amide bonds. The van der Waals surface area contributed by atoms with Crippen LogP contribution in [0.4, 0.5) is 0 Å². The first-order valence-corrected chi connectivity index (χ1v) is 14.0. The van der Waals surface area contributed by atoms with Crippen molar-refractivity contribution in [2.75, 3.05) is 46.6 Å². The van der Waals surface area contributed by atoms with Crippen LogP contribution in [-0.4, -0.2) is 70.0 Å². The van der Waals surface area contributed by atoms with Gasteiger partial charge in [0.2, 0.25) is 10.0 Å². The van der Waals surface area contributed by atoms with Crippen LogP contribution < -0.4 is 10.5 Å². The molecule has 0 radical (unpaired) electrons. The second-order valence-electron chi connectivity index (χ2n) is 9.52. The molecule has 2 aromatic carbocycles. The summed E-state index contributed by atoms with van der Waals surface area (Å²) in [6.07, 6.45) is 1.66. The number of benzene rings is 2. The van der Waals surface area contributed by atoms with Gasteiger partial charge in [0.25, 0.3) is 0 Å². The number of esters is 1. The van der Waals surface area contributed by atoms with E-state index < -0.39 is 20.7 Å². The zero-order valence-corrected chi connectivity index (χ0v) is 21.9. The topological polar surface area (TPSA) is 108 Å². The fourth-order valence-electron chi connectivity index (χ4n) is 5.33. The predicted molar refractivity (Wildman–Crippen MR) is 138 cm³/mol. The molecule has 2 saturated heterocycles. The van der Waals surface area contributed by atoms with Crippen LogP contribution in [0.5, 0.6) is 5.75 Å². The summed E-state index contributed by atoms with van der Waals surface area (Å²) in [5.74, 6) is 0.369. The summed E-state index contributed by atoms with van der Waals surface area (Å²) in [5.41, 5.74) is 10.1. The average Bonchev–Trinajstić information content (AvgIpc) is 2.91. The van der Waals surface area contributed by atoms with E-state index in [9.17, 15) is 13.2 Å². The minimum Gasteiger partial charge on any atom is -0.492 e. The maximum Gasteiger partial charge on any atom is 0.328 e. The van der Waals surface area contributed by atoms with Gasteiger partial charge in [-0.25, -0.2) is 12.7 Å². The summed E-state index contributed by atoms with van der Waals surface area (Å²) in [4.78, 5) is 12.6. The highest BCUT2D eigenvalue weighted by Gasteiger charge is 2.55. The van der Waals surface area contributed by atoms with E-state index in [1.807, 2.05) is 18.2 Å². The Morgan fingerprint density at radius 3 is 2.50 bits per heavy atom. The number of nitrogens with zero attached hydrogens (tertiary/aromatic N) is 1. The van der Waals surface area contributed by atoms with Gasteiger partial charge in [0.1, 0.15) is 12.4 Å². The van der Waals surface area contributed by atoms with E-state index in [2.05, 4.69) is 31.2 Å². The summed E-state index contributed by atoms with van der Waals surface area (Å²) in [6.45, 7) is 4.27. The van der Waals surface area contributed by atoms with Crippen molar-refractivity contribution in [3.8, 4) is 16.9 Å². The molecule has 4 rings (SSSR count). The molecule has 2 aliphatic rings. The van der Waals surface area contributed by atoms with Crippen molar-refractivity contribution in [2.45, 2.75) is 43.3 Å². The number of rotatable bonds is 8. The molecule has 2 aromatic rings. The van der Waals surface area contributed by atoms with Crippen molar-refractivity contribution in [1.29, 1.82) is 0 Å². The number of piperidine rings is 1. The molecule has 0 aromatic heterocycles. The number of hydrogen-bond acceptors (Lipinski definition) is 7. The Bertz CT molecular complexity index is 1170. The van der Waals surface area contributed by atoms with Crippen LogP contribution in [0, 0.1) is 6.92 Å². The van der Waals surface area contributed by atoms with Gasteiger partial charge in [0, 0.05) is 45.7 Å². The van der Waals surface area contributed by atoms with Gasteiger partial charge in [0.05, 0.1) is 7.11 Å². The molecule has 0 atom stereocenters. The SMILES string of the molecule is COC(=O)C1(S(=O)(=O)N2CCC(c3ccc(-c4cccc(OCCN)c4)c(C)c3)CC2)CCOCC1. The molecule has 0 unspecified atom stereocenters. The third-order valence-electron chi connectivity index (χ3n) is 7.40. The average molecular weight is 517 g/mol. The highest BCUT2D eigenvalue weighted by Crippen LogP contribution is 2.38. The summed E-state index contributed by atoms with van der Waals surface area (Å²) < 4.78 is 43.1. The second kappa shape index (κ2) is 11.3. The molecule has 0 bridgehead atoms. The van der Waals surface area contributed by atoms with Crippen molar-refractivity contribution >= 4 is 16.0 Å². The van der Waals surface area contributed by atoms with Crippen LogP contribution in [0.3, 0.4) is 0 Å². The Kier molecular flexibility index (Phi) is 8.34. The monoisotopic (exact) mass is 516 g/mol. The number of aryl methyl sites for hydroxylation is 1. The van der Waals surface area contributed by atoms with Crippen molar-refractivity contribution in [3.05, 3.63) is 53.6 Å². The lowest BCUT2D eigenvalue weighted by molar-refractivity contribution is -0.146. The third-order valence-corrected chi connectivity index (χ3v) is 10.0. The van der Waals surface area contributed by atoms with E-state index in [4.69, 9.17) is 19.9 Å². The molecule has 0 aliphatic carbocycles. The fourth-order valence-corrected chi connectivity index (χ4v) is 7.49. The van der Waals surface area contributed by atoms with E-state index in [0.717, 1.165) is 22.4 Å². The zero-order valence-electron chi connectivity index (χ0n) is 21.1. The van der Waals surface area contributed by atoms with E-state index in [0.29, 0.717) is 39.1 Å². The molecule has 2 aliphatic heterocycles. The zero-order chi connectivity index (χ0) is 25.8. The molecule has 0 saturated carbocycles. The van der Waals surface area contributed by atoms with Crippen LogP contribution in [0.1, 0.15) is 42.7 Å². The lowest BCUT2D eigenvalue weighted by atomic mass is 9.87. The summed E-state index contributed by atoms with van der Waals surface area (Å²) in [6, 6.07) is 14.5. The van der Waals surface area contributed by atoms with Gasteiger partial charge < -0.3 is 19.9 Å². The van der Waals surface area contributed by atoms with Crippen molar-refractivity contribution in [2.24, 2.45) is 5.73 Å². The summed E-state index contributed by atoms with van der Waals surface area (Å²) in [7, 11) is -2.62. The van der Waals surface area contributed by atoms with Crippen LogP contribution >= 0.6 is 0 Å². The molecule has 8 nitrogen and oxygen atoms in total. The number of methoxy groups -OCH3 is 1. The van der Waals surface area contributed by atoms with E-state index >= 15 is 0 Å². The maximum absolute atomic E-state index is 13.6. The molecule has 2 N–H and O–H groups in total. The highest BCUT2D eigenvalue weighted by molar-refractivity contribution is 7.91. The standard InChI is InChI=1S/C27H36N2O6S/c1-20-18-22(6-7-25(20)23-4-3-5-24(19-23)35-17-12-28)21-8-13-29(14-9-21)36(31,32)27(26(30)33-2)10-15-34-16-11-27/h3-7,18-19,21H,8-17,28H2,1-2H3. The van der Waals surface area contributed by atoms with E-state index in [1.165, 1.54) is 17.0 Å². The summed E-state index contributed by atoms with van der Waals surface area (Å²) in [5, 5.41) is 0. The Labute approximate surface area is 213 Å². The van der Waals surface area contributed by atoms with Crippen LogP contribution in [0.15, 0.2) is 42.5 Å². The molecule has 9 heteroatoms. The van der Waals surface area contributed by atoms with Gasteiger partial charge in [-0.05, 0) is 60.1 Å². The van der Waals surface area contributed by atoms with Gasteiger partial charge >= 0.3 is 5.97 Å². The molecule has 2 fully saturated rings. The minimum atomic E-state index is -3.87. The quantitative estimate of drug-likeness (QED) is 0.537. The van der Waals surface area contributed by atoms with Crippen LogP contribution in [0.2, 0.25) is 0 Å². The second-order valence-corrected chi connectivity index (χ2v) is 11.8. The number of carbonyl (C=O) groups excluding carboxylic acids is 1. The van der Waals surface area contributed by atoms with Crippen LogP contribution in [-0.2, 0) is 24.3 Å². The molecular weight excluding hydrogens is 480 g/mol. The lowest BCUT2D eigenvalue weighted by Gasteiger charge is -2.40. The van der Waals surface area contributed by atoms with Crippen LogP contribution in [0.25, 0.3) is 11.1 Å². The number of hydrogen-bond donors (Lipinski definition) is 1. The van der Waals surface area contributed by atoms with E-state index in [1.54, 1.807) is 0 Å². The first-order chi connectivity index (χ1) is 17.3. The number of nitrogens with two attached hydrogens (primary N) is 1. The Hall–Kier alpha value is -2.46. The largest absolute Gasteiger partial charge is 0.492 e. The van der Waals surface area contributed by atoms with Gasteiger partial charge in [-0.1, -0.05) is 30.3 Å². The molecule has 0 spiro atoms. The maximum atomic E-state index is 13.6. The van der Waals surface area contributed by atoms with E-state index in [-0.39, 0.29) is 32.0 Å². The van der Waals surface area contributed by atoms with Gasteiger partial charge in [-0.3, -0.25) is 4.79 Å². The van der Waals surface area contributed by atoms with Gasteiger partial charge in [-0.2, -0.15) is 0 Å². The normalized spacial score (nSPS) is 19.1. The van der Waals surface area contributed by atoms with Crippen molar-refractivity contribution in [3.63, 3.8) is 0 Å². The molecular formula is C27H36N2O6S. The predicted octanol–water partition coefficient (Wildman–Crippen LogP) is 3.23. The highest BCUT2D eigenvalue weighted by atomic mass is 32.2. The lowest BCUT2D eigenvalue weighted by Crippen LogP contribution is -2.57. The summed E-state index contributed by atoms with van der Waals surface area (Å²) >= 11 is 0. The first-order valence-electron chi connectivity index (χ1n) is 12.5. The van der Waals surface area contributed by atoms with Crippen molar-refractivity contribution in [1.82, 2.24) is 4.31 Å². The first kappa shape index (κ1) is 26.6. The Morgan fingerprint density at radius 2 is 1.86 bits per heavy atom. The molecule has 36 heavy (non-hydrogen) atoms. The number of sulfonamides is 1. The molecule has 2 heterocycles. The van der Waals surface area contributed by atoms with Gasteiger partial charge in [-0.15, -0.1) is 0 Å².